The summed E-state index contributed by atoms with van der Waals surface area (Å²) in [6, 6.07) is 3.44. The highest BCUT2D eigenvalue weighted by atomic mass is 32.2. The van der Waals surface area contributed by atoms with Crippen molar-refractivity contribution in [3.8, 4) is 0 Å². The maximum atomic E-state index is 12.0. The van der Waals surface area contributed by atoms with E-state index in [2.05, 4.69) is 15.4 Å². The zero-order valence-electron chi connectivity index (χ0n) is 13.7. The fourth-order valence-corrected chi connectivity index (χ4v) is 3.10. The highest BCUT2D eigenvalue weighted by Crippen LogP contribution is 2.16. The second kappa shape index (κ2) is 7.89. The van der Waals surface area contributed by atoms with Gasteiger partial charge in [-0.1, -0.05) is 0 Å². The summed E-state index contributed by atoms with van der Waals surface area (Å²) >= 11 is 1.28. The molecule has 1 rings (SSSR count). The molecule has 2 amide bonds. The Bertz CT molecular complexity index is 660. The van der Waals surface area contributed by atoms with Gasteiger partial charge in [-0.15, -0.1) is 11.3 Å². The highest BCUT2D eigenvalue weighted by molar-refractivity contribution is 7.88. The fraction of sp³-hybridized carbons (Fsp3) is 0.571. The summed E-state index contributed by atoms with van der Waals surface area (Å²) in [5.74, 6) is -0.568. The lowest BCUT2D eigenvalue weighted by atomic mass is 10.1. The quantitative estimate of drug-likeness (QED) is 0.657. The summed E-state index contributed by atoms with van der Waals surface area (Å²) in [5, 5.41) is 5.32. The lowest BCUT2D eigenvalue weighted by molar-refractivity contribution is -0.121. The van der Waals surface area contributed by atoms with Crippen LogP contribution in [0.5, 0.6) is 0 Å². The molecule has 9 heteroatoms. The van der Waals surface area contributed by atoms with Gasteiger partial charge in [0.05, 0.1) is 17.7 Å². The van der Waals surface area contributed by atoms with Crippen molar-refractivity contribution in [2.45, 2.75) is 32.7 Å². The number of hydrogen-bond acceptors (Lipinski definition) is 5. The van der Waals surface area contributed by atoms with Crippen LogP contribution in [0.1, 0.15) is 35.3 Å². The summed E-state index contributed by atoms with van der Waals surface area (Å²) < 4.78 is 24.3. The van der Waals surface area contributed by atoms with Crippen LogP contribution in [-0.2, 0) is 21.2 Å². The minimum Gasteiger partial charge on any atom is -0.350 e. The lowest BCUT2D eigenvalue weighted by Gasteiger charge is -2.20. The molecule has 0 aliphatic carbocycles. The molecule has 7 nitrogen and oxygen atoms in total. The van der Waals surface area contributed by atoms with Crippen molar-refractivity contribution < 1.29 is 18.0 Å². The lowest BCUT2D eigenvalue weighted by Crippen LogP contribution is -2.45. The molecule has 0 saturated carbocycles. The third-order valence-corrected chi connectivity index (χ3v) is 4.42. The Kier molecular flexibility index (Phi) is 6.72. The van der Waals surface area contributed by atoms with Crippen molar-refractivity contribution in [1.29, 1.82) is 0 Å². The molecule has 1 heterocycles. The van der Waals surface area contributed by atoms with Crippen LogP contribution in [0.3, 0.4) is 0 Å². The van der Waals surface area contributed by atoms with E-state index in [1.54, 1.807) is 12.1 Å². The SMILES string of the molecule is CC(C)(C)NC(=O)CNC(=O)c1ccc(CCNS(C)(=O)=O)s1. The van der Waals surface area contributed by atoms with E-state index in [9.17, 15) is 18.0 Å². The number of carbonyl (C=O) groups excluding carboxylic acids is 2. The minimum atomic E-state index is -3.21. The van der Waals surface area contributed by atoms with Crippen LogP contribution in [0.15, 0.2) is 12.1 Å². The van der Waals surface area contributed by atoms with Crippen LogP contribution in [0.4, 0.5) is 0 Å². The predicted molar refractivity (Wildman–Crippen MR) is 91.1 cm³/mol. The summed E-state index contributed by atoms with van der Waals surface area (Å²) in [7, 11) is -3.21. The fourth-order valence-electron chi connectivity index (χ4n) is 1.70. The molecule has 0 bridgehead atoms. The van der Waals surface area contributed by atoms with E-state index in [1.165, 1.54) is 11.3 Å². The van der Waals surface area contributed by atoms with Gasteiger partial charge in [0, 0.05) is 17.0 Å². The second-order valence-electron chi connectivity index (χ2n) is 6.16. The molecule has 130 valence electrons. The van der Waals surface area contributed by atoms with Crippen LogP contribution in [0, 0.1) is 0 Å². The molecule has 3 N–H and O–H groups in total. The molecule has 0 aromatic carbocycles. The summed E-state index contributed by atoms with van der Waals surface area (Å²) in [6.07, 6.45) is 1.61. The van der Waals surface area contributed by atoms with Crippen LogP contribution in [0.25, 0.3) is 0 Å². The molecule has 1 aromatic heterocycles. The van der Waals surface area contributed by atoms with E-state index in [4.69, 9.17) is 0 Å². The third-order valence-electron chi connectivity index (χ3n) is 2.55. The number of sulfonamides is 1. The molecule has 0 spiro atoms. The first-order valence-corrected chi connectivity index (χ1v) is 9.80. The zero-order chi connectivity index (χ0) is 17.7. The predicted octanol–water partition coefficient (Wildman–Crippen LogP) is 0.484. The summed E-state index contributed by atoms with van der Waals surface area (Å²) in [5.41, 5.74) is -0.343. The first-order valence-electron chi connectivity index (χ1n) is 7.09. The summed E-state index contributed by atoms with van der Waals surface area (Å²) in [4.78, 5) is 25.0. The van der Waals surface area contributed by atoms with Crippen LogP contribution in [0.2, 0.25) is 0 Å². The van der Waals surface area contributed by atoms with Crippen LogP contribution >= 0.6 is 11.3 Å². The van der Waals surface area contributed by atoms with E-state index < -0.39 is 10.0 Å². The molecular weight excluding hydrogens is 338 g/mol. The number of hydrogen-bond donors (Lipinski definition) is 3. The maximum absolute atomic E-state index is 12.0. The van der Waals surface area contributed by atoms with Gasteiger partial charge in [0.1, 0.15) is 0 Å². The number of carbonyl (C=O) groups is 2. The van der Waals surface area contributed by atoms with Gasteiger partial charge >= 0.3 is 0 Å². The van der Waals surface area contributed by atoms with E-state index in [1.807, 2.05) is 20.8 Å². The van der Waals surface area contributed by atoms with E-state index in [0.29, 0.717) is 11.3 Å². The largest absolute Gasteiger partial charge is 0.350 e. The van der Waals surface area contributed by atoms with Crippen molar-refractivity contribution in [3.63, 3.8) is 0 Å². The van der Waals surface area contributed by atoms with Crippen molar-refractivity contribution >= 4 is 33.2 Å². The van der Waals surface area contributed by atoms with Crippen molar-refractivity contribution in [2.24, 2.45) is 0 Å². The smallest absolute Gasteiger partial charge is 0.261 e. The monoisotopic (exact) mass is 361 g/mol. The molecule has 0 aliphatic rings. The average Bonchev–Trinajstić information content (AvgIpc) is 2.81. The standard InChI is InChI=1S/C14H23N3O4S2/c1-14(2,3)17-12(18)9-15-13(19)11-6-5-10(22-11)7-8-16-23(4,20)21/h5-6,16H,7-9H2,1-4H3,(H,15,19)(H,17,18). The van der Waals surface area contributed by atoms with Crippen molar-refractivity contribution in [1.82, 2.24) is 15.4 Å². The average molecular weight is 361 g/mol. The molecule has 0 atom stereocenters. The number of thiophene rings is 1. The Balaban J connectivity index is 2.44. The van der Waals surface area contributed by atoms with E-state index >= 15 is 0 Å². The van der Waals surface area contributed by atoms with Crippen LogP contribution in [-0.4, -0.2) is 45.1 Å². The Labute approximate surface area is 140 Å². The minimum absolute atomic E-state index is 0.0844. The Hall–Kier alpha value is -1.45. The normalized spacial score (nSPS) is 12.0. The van der Waals surface area contributed by atoms with Crippen molar-refractivity contribution in [2.75, 3.05) is 19.3 Å². The highest BCUT2D eigenvalue weighted by Gasteiger charge is 2.15. The van der Waals surface area contributed by atoms with Gasteiger partial charge in [0.25, 0.3) is 5.91 Å². The van der Waals surface area contributed by atoms with E-state index in [-0.39, 0.29) is 30.4 Å². The van der Waals surface area contributed by atoms with Gasteiger partial charge in [-0.2, -0.15) is 0 Å². The topological polar surface area (TPSA) is 104 Å². The molecular formula is C14H23N3O4S2. The van der Waals surface area contributed by atoms with Gasteiger partial charge in [-0.25, -0.2) is 13.1 Å². The molecule has 1 aromatic rings. The van der Waals surface area contributed by atoms with E-state index in [0.717, 1.165) is 11.1 Å². The van der Waals surface area contributed by atoms with Crippen LogP contribution < -0.4 is 15.4 Å². The van der Waals surface area contributed by atoms with Gasteiger partial charge in [0.15, 0.2) is 0 Å². The number of nitrogens with one attached hydrogen (secondary N) is 3. The Morgan fingerprint density at radius 2 is 1.87 bits per heavy atom. The Morgan fingerprint density at radius 1 is 1.22 bits per heavy atom. The van der Waals surface area contributed by atoms with Gasteiger partial charge in [-0.3, -0.25) is 9.59 Å². The summed E-state index contributed by atoms with van der Waals surface area (Å²) in [6.45, 7) is 5.79. The number of rotatable bonds is 7. The third kappa shape index (κ3) is 8.68. The maximum Gasteiger partial charge on any atom is 0.261 e. The molecule has 0 unspecified atom stereocenters. The molecule has 0 aliphatic heterocycles. The number of amides is 2. The second-order valence-corrected chi connectivity index (χ2v) is 9.16. The van der Waals surface area contributed by atoms with Crippen molar-refractivity contribution in [3.05, 3.63) is 21.9 Å². The molecule has 0 radical (unpaired) electrons. The van der Waals surface area contributed by atoms with Gasteiger partial charge < -0.3 is 10.6 Å². The van der Waals surface area contributed by atoms with Gasteiger partial charge in [-0.05, 0) is 39.3 Å². The molecule has 0 saturated heterocycles. The zero-order valence-corrected chi connectivity index (χ0v) is 15.4. The molecule has 23 heavy (non-hydrogen) atoms. The first-order chi connectivity index (χ1) is 10.5. The first kappa shape index (κ1) is 19.6. The Morgan fingerprint density at radius 3 is 2.43 bits per heavy atom. The molecule has 0 fully saturated rings. The van der Waals surface area contributed by atoms with Gasteiger partial charge in [0.2, 0.25) is 15.9 Å².